The lowest BCUT2D eigenvalue weighted by molar-refractivity contribution is -0.162. The number of ether oxygens (including phenoxy) is 1. The zero-order chi connectivity index (χ0) is 23.1. The van der Waals surface area contributed by atoms with Crippen molar-refractivity contribution in [1.82, 2.24) is 19.9 Å². The van der Waals surface area contributed by atoms with Gasteiger partial charge in [0.15, 0.2) is 0 Å². The average Bonchev–Trinajstić information content (AvgIpc) is 3.22. The normalized spacial score (nSPS) is 25.8. The highest BCUT2D eigenvalue weighted by Crippen LogP contribution is 2.52. The number of urea groups is 1. The van der Waals surface area contributed by atoms with Crippen LogP contribution in [0.5, 0.6) is 0 Å². The Morgan fingerprint density at radius 2 is 2.06 bits per heavy atom. The Morgan fingerprint density at radius 1 is 1.34 bits per heavy atom. The molecule has 1 saturated carbocycles. The first-order valence-electron chi connectivity index (χ1n) is 10.6. The number of fused-ring (bicyclic) bond motifs is 2. The van der Waals surface area contributed by atoms with E-state index in [-0.39, 0.29) is 30.5 Å². The molecule has 2 heterocycles. The fourth-order valence-corrected chi connectivity index (χ4v) is 5.66. The van der Waals surface area contributed by atoms with E-state index >= 15 is 0 Å². The standard InChI is InChI=1S/C21H28ClN5O4S/c1-14-10-17-13-21(12-14,15(2)31-8-9-32(3,29)30)26(17)20(28)25-16-4-5-18(22)19(11-16)27-23-6-7-24-27/h4-7,11,14-15,17H,8-10,12-13H2,1-3H3,(H,25,28)/t14-,15?,17?,21?/m1/s1. The van der Waals surface area contributed by atoms with Gasteiger partial charge >= 0.3 is 6.03 Å². The van der Waals surface area contributed by atoms with Crippen molar-refractivity contribution in [3.8, 4) is 5.69 Å². The van der Waals surface area contributed by atoms with Gasteiger partial charge < -0.3 is 15.0 Å². The average molecular weight is 482 g/mol. The molecule has 0 radical (unpaired) electrons. The van der Waals surface area contributed by atoms with Crippen molar-refractivity contribution >= 4 is 33.2 Å². The van der Waals surface area contributed by atoms with Crippen LogP contribution in [0.3, 0.4) is 0 Å². The minimum Gasteiger partial charge on any atom is -0.375 e. The summed E-state index contributed by atoms with van der Waals surface area (Å²) in [6.07, 6.45) is 6.64. The van der Waals surface area contributed by atoms with Gasteiger partial charge in [-0.2, -0.15) is 15.0 Å². The van der Waals surface area contributed by atoms with Crippen LogP contribution < -0.4 is 5.32 Å². The van der Waals surface area contributed by atoms with Crippen molar-refractivity contribution in [3.05, 3.63) is 35.6 Å². The van der Waals surface area contributed by atoms with E-state index in [2.05, 4.69) is 22.4 Å². The molecule has 4 rings (SSSR count). The highest BCUT2D eigenvalue weighted by molar-refractivity contribution is 7.90. The Labute approximate surface area is 193 Å². The molecule has 3 unspecified atom stereocenters. The molecular formula is C21H28ClN5O4S. The van der Waals surface area contributed by atoms with Crippen LogP contribution in [0.25, 0.3) is 5.69 Å². The summed E-state index contributed by atoms with van der Waals surface area (Å²) in [6, 6.07) is 5.11. The lowest BCUT2D eigenvalue weighted by atomic mass is 9.62. The minimum absolute atomic E-state index is 0.0341. The Balaban J connectivity index is 1.50. The van der Waals surface area contributed by atoms with Crippen LogP contribution >= 0.6 is 11.6 Å². The van der Waals surface area contributed by atoms with Gasteiger partial charge in [-0.05, 0) is 50.3 Å². The van der Waals surface area contributed by atoms with Crippen LogP contribution in [0.1, 0.15) is 33.1 Å². The minimum atomic E-state index is -3.11. The van der Waals surface area contributed by atoms with E-state index in [0.29, 0.717) is 22.3 Å². The lowest BCUT2D eigenvalue weighted by Crippen LogP contribution is -2.76. The summed E-state index contributed by atoms with van der Waals surface area (Å²) in [5.74, 6) is 0.430. The third kappa shape index (κ3) is 4.49. The maximum atomic E-state index is 13.3. The molecule has 1 saturated heterocycles. The van der Waals surface area contributed by atoms with E-state index < -0.39 is 15.4 Å². The highest BCUT2D eigenvalue weighted by atomic mass is 35.5. The van der Waals surface area contributed by atoms with Gasteiger partial charge in [-0.25, -0.2) is 13.2 Å². The van der Waals surface area contributed by atoms with Crippen molar-refractivity contribution in [1.29, 1.82) is 0 Å². The highest BCUT2D eigenvalue weighted by Gasteiger charge is 2.61. The Kier molecular flexibility index (Phi) is 6.21. The number of likely N-dealkylation sites (tertiary alicyclic amines) is 1. The second-order valence-corrected chi connectivity index (χ2v) is 11.6. The maximum Gasteiger partial charge on any atom is 0.322 e. The smallest absolute Gasteiger partial charge is 0.322 e. The molecular weight excluding hydrogens is 454 g/mol. The first-order chi connectivity index (χ1) is 15.1. The number of nitrogens with one attached hydrogen (secondary N) is 1. The number of carbonyl (C=O) groups excluding carboxylic acids is 1. The Hall–Kier alpha value is -2.17. The van der Waals surface area contributed by atoms with Crippen LogP contribution in [0, 0.1) is 5.92 Å². The number of benzene rings is 1. The number of rotatable bonds is 7. The number of aromatic nitrogens is 3. The third-order valence-electron chi connectivity index (χ3n) is 6.44. The molecule has 0 spiro atoms. The number of nitrogens with zero attached hydrogens (tertiary/aromatic N) is 4. The molecule has 1 N–H and O–H groups in total. The van der Waals surface area contributed by atoms with Gasteiger partial charge in [-0.1, -0.05) is 18.5 Å². The molecule has 2 bridgehead atoms. The van der Waals surface area contributed by atoms with E-state index in [1.165, 1.54) is 11.1 Å². The Bertz CT molecular complexity index is 1090. The second-order valence-electron chi connectivity index (χ2n) is 8.93. The molecule has 4 atom stereocenters. The molecule has 32 heavy (non-hydrogen) atoms. The number of hydrogen-bond acceptors (Lipinski definition) is 6. The predicted octanol–water partition coefficient (Wildman–Crippen LogP) is 3.15. The van der Waals surface area contributed by atoms with Crippen LogP contribution in [0.2, 0.25) is 5.02 Å². The molecule has 1 aliphatic heterocycles. The van der Waals surface area contributed by atoms with Crippen molar-refractivity contribution in [2.45, 2.75) is 50.8 Å². The summed E-state index contributed by atoms with van der Waals surface area (Å²) in [7, 11) is -3.11. The SMILES string of the molecule is CC(OCCS(C)(=O)=O)C12CC(C[C@@H](C)C1)N2C(=O)Nc1ccc(Cl)c(-n2nccn2)c1. The van der Waals surface area contributed by atoms with Crippen molar-refractivity contribution < 1.29 is 17.9 Å². The number of anilines is 1. The van der Waals surface area contributed by atoms with Gasteiger partial charge in [-0.15, -0.1) is 0 Å². The molecule has 2 aliphatic rings. The summed E-state index contributed by atoms with van der Waals surface area (Å²) in [5.41, 5.74) is 0.715. The van der Waals surface area contributed by atoms with Crippen molar-refractivity contribution in [2.75, 3.05) is 23.9 Å². The topological polar surface area (TPSA) is 106 Å². The number of carbonyl (C=O) groups is 1. The summed E-state index contributed by atoms with van der Waals surface area (Å²) in [5, 5.41) is 11.7. The lowest BCUT2D eigenvalue weighted by Gasteiger charge is -2.65. The van der Waals surface area contributed by atoms with E-state index in [4.69, 9.17) is 16.3 Å². The first-order valence-corrected chi connectivity index (χ1v) is 13.1. The van der Waals surface area contributed by atoms with E-state index in [1.54, 1.807) is 30.6 Å². The molecule has 1 aromatic carbocycles. The second kappa shape index (κ2) is 8.64. The molecule has 174 valence electrons. The van der Waals surface area contributed by atoms with Gasteiger partial charge in [0.05, 0.1) is 41.4 Å². The fraction of sp³-hybridized carbons (Fsp3) is 0.571. The number of hydrogen-bond donors (Lipinski definition) is 1. The zero-order valence-corrected chi connectivity index (χ0v) is 19.9. The monoisotopic (exact) mass is 481 g/mol. The summed E-state index contributed by atoms with van der Waals surface area (Å²) < 4.78 is 28.9. The van der Waals surface area contributed by atoms with Crippen LogP contribution in [0.4, 0.5) is 10.5 Å². The molecule has 2 amide bonds. The number of piperidine rings is 1. The van der Waals surface area contributed by atoms with Gasteiger partial charge in [0, 0.05) is 18.0 Å². The third-order valence-corrected chi connectivity index (χ3v) is 7.67. The molecule has 2 fully saturated rings. The quantitative estimate of drug-likeness (QED) is 0.651. The van der Waals surface area contributed by atoms with E-state index in [9.17, 15) is 13.2 Å². The maximum absolute atomic E-state index is 13.3. The molecule has 2 aromatic rings. The largest absolute Gasteiger partial charge is 0.375 e. The van der Waals surface area contributed by atoms with E-state index in [0.717, 1.165) is 19.3 Å². The van der Waals surface area contributed by atoms with Gasteiger partial charge in [0.1, 0.15) is 15.5 Å². The number of amides is 2. The summed E-state index contributed by atoms with van der Waals surface area (Å²) >= 11 is 6.28. The fourth-order valence-electron chi connectivity index (χ4n) is 5.07. The predicted molar refractivity (Wildman–Crippen MR) is 122 cm³/mol. The first kappa shape index (κ1) is 23.0. The Morgan fingerprint density at radius 3 is 2.75 bits per heavy atom. The van der Waals surface area contributed by atoms with Gasteiger partial charge in [-0.3, -0.25) is 0 Å². The zero-order valence-electron chi connectivity index (χ0n) is 18.4. The molecule has 9 nitrogen and oxygen atoms in total. The molecule has 11 heteroatoms. The van der Waals surface area contributed by atoms with Crippen LogP contribution in [0.15, 0.2) is 30.6 Å². The molecule has 1 aromatic heterocycles. The number of sulfone groups is 1. The molecule has 1 aliphatic carbocycles. The van der Waals surface area contributed by atoms with E-state index in [1.807, 2.05) is 11.8 Å². The van der Waals surface area contributed by atoms with Gasteiger partial charge in [0.2, 0.25) is 0 Å². The van der Waals surface area contributed by atoms with Crippen molar-refractivity contribution in [3.63, 3.8) is 0 Å². The van der Waals surface area contributed by atoms with Crippen LogP contribution in [-0.2, 0) is 14.6 Å². The summed E-state index contributed by atoms with van der Waals surface area (Å²) in [4.78, 5) is 16.6. The van der Waals surface area contributed by atoms with Crippen molar-refractivity contribution in [2.24, 2.45) is 5.92 Å². The number of halogens is 1. The van der Waals surface area contributed by atoms with Gasteiger partial charge in [0.25, 0.3) is 0 Å². The summed E-state index contributed by atoms with van der Waals surface area (Å²) in [6.45, 7) is 4.23. The van der Waals surface area contributed by atoms with Crippen LogP contribution in [-0.4, -0.2) is 70.6 Å².